The van der Waals surface area contributed by atoms with Gasteiger partial charge in [-0.2, -0.15) is 5.10 Å². The van der Waals surface area contributed by atoms with Crippen LogP contribution in [0.5, 0.6) is 0 Å². The van der Waals surface area contributed by atoms with Crippen molar-refractivity contribution in [1.29, 1.82) is 0 Å². The number of nitrogens with one attached hydrogen (secondary N) is 1. The standard InChI is InChI=1S/C11H11F2N3/c1-11(12,13)8-4-2-7(3-5-8)9-6-15-16-10(9)14/h2-6H,1H3,(H3,14,15,16). The number of aromatic amines is 1. The van der Waals surface area contributed by atoms with E-state index in [1.807, 2.05) is 0 Å². The van der Waals surface area contributed by atoms with E-state index in [1.165, 1.54) is 12.1 Å². The fourth-order valence-electron chi connectivity index (χ4n) is 1.47. The maximum atomic E-state index is 13.0. The van der Waals surface area contributed by atoms with Crippen molar-refractivity contribution in [2.24, 2.45) is 0 Å². The summed E-state index contributed by atoms with van der Waals surface area (Å²) in [4.78, 5) is 0. The normalized spacial score (nSPS) is 11.7. The van der Waals surface area contributed by atoms with Crippen LogP contribution in [0.2, 0.25) is 0 Å². The molecule has 84 valence electrons. The molecule has 5 heteroatoms. The van der Waals surface area contributed by atoms with E-state index in [2.05, 4.69) is 10.2 Å². The summed E-state index contributed by atoms with van der Waals surface area (Å²) in [7, 11) is 0. The molecule has 0 radical (unpaired) electrons. The molecule has 0 atom stereocenters. The quantitative estimate of drug-likeness (QED) is 0.822. The Bertz CT molecular complexity index is 483. The van der Waals surface area contributed by atoms with E-state index >= 15 is 0 Å². The van der Waals surface area contributed by atoms with Crippen molar-refractivity contribution < 1.29 is 8.78 Å². The molecule has 1 aromatic carbocycles. The van der Waals surface area contributed by atoms with Gasteiger partial charge in [-0.25, -0.2) is 8.78 Å². The van der Waals surface area contributed by atoms with Crippen LogP contribution in [0.1, 0.15) is 12.5 Å². The summed E-state index contributed by atoms with van der Waals surface area (Å²) >= 11 is 0. The number of hydrogen-bond acceptors (Lipinski definition) is 2. The van der Waals surface area contributed by atoms with Crippen LogP contribution in [0, 0.1) is 0 Å². The van der Waals surface area contributed by atoms with Crippen LogP contribution in [-0.2, 0) is 5.92 Å². The van der Waals surface area contributed by atoms with Crippen LogP contribution < -0.4 is 5.73 Å². The molecule has 0 amide bonds. The molecule has 3 N–H and O–H groups in total. The molecule has 0 aliphatic heterocycles. The van der Waals surface area contributed by atoms with Crippen molar-refractivity contribution in [1.82, 2.24) is 10.2 Å². The van der Waals surface area contributed by atoms with Crippen molar-refractivity contribution >= 4 is 5.82 Å². The molecule has 1 aromatic heterocycles. The van der Waals surface area contributed by atoms with E-state index in [0.717, 1.165) is 12.5 Å². The van der Waals surface area contributed by atoms with Gasteiger partial charge >= 0.3 is 0 Å². The highest BCUT2D eigenvalue weighted by Gasteiger charge is 2.23. The number of alkyl halides is 2. The second-order valence-corrected chi connectivity index (χ2v) is 3.66. The molecule has 0 bridgehead atoms. The summed E-state index contributed by atoms with van der Waals surface area (Å²) in [5.74, 6) is -2.39. The fourth-order valence-corrected chi connectivity index (χ4v) is 1.47. The van der Waals surface area contributed by atoms with Gasteiger partial charge in [0.1, 0.15) is 5.82 Å². The van der Waals surface area contributed by atoms with Gasteiger partial charge in [0.15, 0.2) is 0 Å². The molecule has 0 saturated heterocycles. The molecule has 0 saturated carbocycles. The van der Waals surface area contributed by atoms with Gasteiger partial charge in [0.25, 0.3) is 5.92 Å². The van der Waals surface area contributed by atoms with Crippen molar-refractivity contribution in [2.75, 3.05) is 5.73 Å². The summed E-state index contributed by atoms with van der Waals surface area (Å²) in [6.07, 6.45) is 1.56. The number of benzene rings is 1. The number of halogens is 2. The zero-order valence-corrected chi connectivity index (χ0v) is 8.67. The zero-order valence-electron chi connectivity index (χ0n) is 8.67. The molecule has 16 heavy (non-hydrogen) atoms. The number of rotatable bonds is 2. The smallest absolute Gasteiger partial charge is 0.270 e. The summed E-state index contributed by atoms with van der Waals surface area (Å²) in [6.45, 7) is 0.869. The SMILES string of the molecule is CC(F)(F)c1ccc(-c2cn[nH]c2N)cc1. The van der Waals surface area contributed by atoms with Crippen LogP contribution in [0.4, 0.5) is 14.6 Å². The van der Waals surface area contributed by atoms with Crippen molar-refractivity contribution in [3.05, 3.63) is 36.0 Å². The molecule has 0 aliphatic carbocycles. The van der Waals surface area contributed by atoms with Crippen LogP contribution in [0.15, 0.2) is 30.5 Å². The minimum absolute atomic E-state index is 0.0154. The lowest BCUT2D eigenvalue weighted by atomic mass is 10.0. The Kier molecular flexibility index (Phi) is 2.38. The molecular formula is C11H11F2N3. The van der Waals surface area contributed by atoms with E-state index in [4.69, 9.17) is 5.73 Å². The first-order chi connectivity index (χ1) is 7.48. The minimum Gasteiger partial charge on any atom is -0.384 e. The maximum Gasteiger partial charge on any atom is 0.270 e. The van der Waals surface area contributed by atoms with Crippen LogP contribution in [0.3, 0.4) is 0 Å². The maximum absolute atomic E-state index is 13.0. The molecule has 3 nitrogen and oxygen atoms in total. The minimum atomic E-state index is -2.82. The van der Waals surface area contributed by atoms with Gasteiger partial charge in [0, 0.05) is 18.1 Å². The molecule has 2 rings (SSSR count). The number of aromatic nitrogens is 2. The van der Waals surface area contributed by atoms with Crippen molar-refractivity contribution in [2.45, 2.75) is 12.8 Å². The molecule has 0 spiro atoms. The van der Waals surface area contributed by atoms with Crippen molar-refractivity contribution in [3.63, 3.8) is 0 Å². The van der Waals surface area contributed by atoms with Gasteiger partial charge < -0.3 is 5.73 Å². The van der Waals surface area contributed by atoms with E-state index in [1.54, 1.807) is 18.3 Å². The molecule has 0 aliphatic rings. The second-order valence-electron chi connectivity index (χ2n) is 3.66. The predicted octanol–water partition coefficient (Wildman–Crippen LogP) is 2.77. The Morgan fingerprint density at radius 2 is 1.88 bits per heavy atom. The van der Waals surface area contributed by atoms with E-state index in [-0.39, 0.29) is 5.56 Å². The monoisotopic (exact) mass is 223 g/mol. The van der Waals surface area contributed by atoms with Crippen molar-refractivity contribution in [3.8, 4) is 11.1 Å². The van der Waals surface area contributed by atoms with Gasteiger partial charge in [0.2, 0.25) is 0 Å². The average Bonchev–Trinajstić information content (AvgIpc) is 2.63. The highest BCUT2D eigenvalue weighted by Crippen LogP contribution is 2.30. The number of anilines is 1. The van der Waals surface area contributed by atoms with Gasteiger partial charge in [0.05, 0.1) is 6.20 Å². The third-order valence-electron chi connectivity index (χ3n) is 2.37. The van der Waals surface area contributed by atoms with Gasteiger partial charge in [-0.3, -0.25) is 5.10 Å². The van der Waals surface area contributed by atoms with E-state index in [0.29, 0.717) is 11.4 Å². The first-order valence-corrected chi connectivity index (χ1v) is 4.76. The molecule has 0 fully saturated rings. The lowest BCUT2D eigenvalue weighted by Gasteiger charge is -2.10. The number of nitrogen functional groups attached to an aromatic ring is 1. The summed E-state index contributed by atoms with van der Waals surface area (Å²) in [5.41, 5.74) is 7.09. The highest BCUT2D eigenvalue weighted by atomic mass is 19.3. The summed E-state index contributed by atoms with van der Waals surface area (Å²) < 4.78 is 25.9. The Morgan fingerprint density at radius 3 is 2.31 bits per heavy atom. The second kappa shape index (κ2) is 3.59. The molecule has 2 aromatic rings. The third kappa shape index (κ3) is 1.88. The first kappa shape index (κ1) is 10.6. The first-order valence-electron chi connectivity index (χ1n) is 4.76. The number of nitrogens with zero attached hydrogens (tertiary/aromatic N) is 1. The molecule has 1 heterocycles. The van der Waals surface area contributed by atoms with Crippen LogP contribution in [0.25, 0.3) is 11.1 Å². The van der Waals surface area contributed by atoms with Crippen LogP contribution in [-0.4, -0.2) is 10.2 Å². The highest BCUT2D eigenvalue weighted by molar-refractivity contribution is 5.73. The van der Waals surface area contributed by atoms with E-state index in [9.17, 15) is 8.78 Å². The van der Waals surface area contributed by atoms with Crippen LogP contribution >= 0.6 is 0 Å². The molecular weight excluding hydrogens is 212 g/mol. The van der Waals surface area contributed by atoms with Gasteiger partial charge in [-0.15, -0.1) is 0 Å². The third-order valence-corrected chi connectivity index (χ3v) is 2.37. The Labute approximate surface area is 91.3 Å². The number of H-pyrrole nitrogens is 1. The average molecular weight is 223 g/mol. The van der Waals surface area contributed by atoms with Gasteiger partial charge in [-0.1, -0.05) is 24.3 Å². The lowest BCUT2D eigenvalue weighted by molar-refractivity contribution is 0.0175. The summed E-state index contributed by atoms with van der Waals surface area (Å²) in [5, 5.41) is 6.36. The fraction of sp³-hybridized carbons (Fsp3) is 0.182. The summed E-state index contributed by atoms with van der Waals surface area (Å²) in [6, 6.07) is 5.99. The lowest BCUT2D eigenvalue weighted by Crippen LogP contribution is -2.06. The largest absolute Gasteiger partial charge is 0.384 e. The topological polar surface area (TPSA) is 54.7 Å². The Morgan fingerprint density at radius 1 is 1.25 bits per heavy atom. The molecule has 0 unspecified atom stereocenters. The number of hydrogen-bond donors (Lipinski definition) is 2. The van der Waals surface area contributed by atoms with E-state index < -0.39 is 5.92 Å². The van der Waals surface area contributed by atoms with Gasteiger partial charge in [-0.05, 0) is 5.56 Å². The Hall–Kier alpha value is -1.91. The number of nitrogens with two attached hydrogens (primary N) is 1. The Balaban J connectivity index is 2.37. The predicted molar refractivity (Wildman–Crippen MR) is 58.0 cm³/mol. The zero-order chi connectivity index (χ0) is 11.8.